The zero-order valence-electron chi connectivity index (χ0n) is 15.1. The molecule has 0 aliphatic heterocycles. The number of halogens is 3. The number of ether oxygens (including phenoxy) is 2. The number of aryl methyl sites for hydroxylation is 2. The molecule has 0 fully saturated rings. The number of alkyl halides is 3. The van der Waals surface area contributed by atoms with Crippen LogP contribution in [0.2, 0.25) is 0 Å². The summed E-state index contributed by atoms with van der Waals surface area (Å²) < 4.78 is 47.1. The molecule has 0 atom stereocenters. The molecule has 1 aromatic carbocycles. The smallest absolute Gasteiger partial charge is 0.422 e. The Morgan fingerprint density at radius 3 is 2.52 bits per heavy atom. The third-order valence-corrected chi connectivity index (χ3v) is 3.49. The van der Waals surface area contributed by atoms with Gasteiger partial charge in [-0.25, -0.2) is 4.98 Å². The summed E-state index contributed by atoms with van der Waals surface area (Å²) >= 11 is 0. The summed E-state index contributed by atoms with van der Waals surface area (Å²) in [5.74, 6) is 0.252. The molecule has 0 unspecified atom stereocenters. The molecular formula is C19H21F3N2O3. The van der Waals surface area contributed by atoms with Gasteiger partial charge in [0.1, 0.15) is 5.75 Å². The van der Waals surface area contributed by atoms with Crippen molar-refractivity contribution >= 4 is 5.91 Å². The van der Waals surface area contributed by atoms with Crippen LogP contribution in [-0.4, -0.2) is 30.3 Å². The second-order valence-electron chi connectivity index (χ2n) is 6.07. The van der Waals surface area contributed by atoms with Gasteiger partial charge in [-0.2, -0.15) is 13.2 Å². The van der Waals surface area contributed by atoms with Crippen LogP contribution >= 0.6 is 0 Å². The van der Waals surface area contributed by atoms with E-state index in [4.69, 9.17) is 4.74 Å². The van der Waals surface area contributed by atoms with Crippen LogP contribution in [0.25, 0.3) is 0 Å². The van der Waals surface area contributed by atoms with E-state index in [0.717, 1.165) is 11.1 Å². The zero-order chi connectivity index (χ0) is 19.9. The van der Waals surface area contributed by atoms with E-state index in [0.29, 0.717) is 11.3 Å². The van der Waals surface area contributed by atoms with Crippen molar-refractivity contribution in [2.24, 2.45) is 0 Å². The monoisotopic (exact) mass is 382 g/mol. The van der Waals surface area contributed by atoms with Crippen LogP contribution in [0.5, 0.6) is 11.6 Å². The molecular weight excluding hydrogens is 361 g/mol. The highest BCUT2D eigenvalue weighted by molar-refractivity contribution is 5.76. The molecule has 2 aromatic rings. The van der Waals surface area contributed by atoms with Crippen LogP contribution in [0.3, 0.4) is 0 Å². The predicted molar refractivity (Wildman–Crippen MR) is 93.7 cm³/mol. The number of benzene rings is 1. The summed E-state index contributed by atoms with van der Waals surface area (Å²) in [6, 6.07) is 8.89. The van der Waals surface area contributed by atoms with Crippen molar-refractivity contribution in [3.63, 3.8) is 0 Å². The quantitative estimate of drug-likeness (QED) is 0.756. The van der Waals surface area contributed by atoms with E-state index >= 15 is 0 Å². The topological polar surface area (TPSA) is 60.5 Å². The first-order valence-corrected chi connectivity index (χ1v) is 8.34. The van der Waals surface area contributed by atoms with Crippen molar-refractivity contribution in [1.82, 2.24) is 10.3 Å². The van der Waals surface area contributed by atoms with Crippen molar-refractivity contribution in [2.45, 2.75) is 33.0 Å². The average molecular weight is 382 g/mol. The van der Waals surface area contributed by atoms with Crippen LogP contribution in [0.1, 0.15) is 23.1 Å². The van der Waals surface area contributed by atoms with Gasteiger partial charge in [0.2, 0.25) is 11.8 Å². The van der Waals surface area contributed by atoms with Gasteiger partial charge in [-0.15, -0.1) is 0 Å². The molecule has 146 valence electrons. The lowest BCUT2D eigenvalue weighted by molar-refractivity contribution is -0.154. The number of nitrogens with one attached hydrogen (secondary N) is 1. The molecule has 1 N–H and O–H groups in total. The molecule has 1 amide bonds. The number of nitrogens with zero attached hydrogens (tertiary/aromatic N) is 1. The Morgan fingerprint density at radius 1 is 1.15 bits per heavy atom. The highest BCUT2D eigenvalue weighted by Crippen LogP contribution is 2.20. The predicted octanol–water partition coefficient (Wildman–Crippen LogP) is 3.72. The summed E-state index contributed by atoms with van der Waals surface area (Å²) in [5.41, 5.74) is 2.50. The van der Waals surface area contributed by atoms with Crippen molar-refractivity contribution in [2.75, 3.05) is 13.2 Å². The molecule has 5 nitrogen and oxygen atoms in total. The highest BCUT2D eigenvalue weighted by Gasteiger charge is 2.29. The van der Waals surface area contributed by atoms with Crippen molar-refractivity contribution in [1.29, 1.82) is 0 Å². The Hall–Kier alpha value is -2.77. The zero-order valence-corrected chi connectivity index (χ0v) is 15.1. The van der Waals surface area contributed by atoms with Gasteiger partial charge in [-0.3, -0.25) is 4.79 Å². The van der Waals surface area contributed by atoms with Crippen LogP contribution in [0, 0.1) is 13.8 Å². The number of rotatable bonds is 8. The Kier molecular flexibility index (Phi) is 7.04. The van der Waals surface area contributed by atoms with Crippen LogP contribution < -0.4 is 14.8 Å². The molecule has 27 heavy (non-hydrogen) atoms. The lowest BCUT2D eigenvalue weighted by atomic mass is 10.1. The molecule has 2 rings (SSSR count). The van der Waals surface area contributed by atoms with E-state index in [1.807, 2.05) is 32.0 Å². The summed E-state index contributed by atoms with van der Waals surface area (Å²) in [4.78, 5) is 15.7. The summed E-state index contributed by atoms with van der Waals surface area (Å²) in [6.45, 7) is 2.69. The minimum atomic E-state index is -4.45. The fraction of sp³-hybridized carbons (Fsp3) is 0.368. The van der Waals surface area contributed by atoms with Gasteiger partial charge in [0, 0.05) is 18.3 Å². The van der Waals surface area contributed by atoms with Gasteiger partial charge in [-0.1, -0.05) is 12.1 Å². The minimum Gasteiger partial charge on any atom is -0.493 e. The molecule has 8 heteroatoms. The average Bonchev–Trinajstić information content (AvgIpc) is 2.57. The van der Waals surface area contributed by atoms with Crippen LogP contribution in [0.4, 0.5) is 13.2 Å². The van der Waals surface area contributed by atoms with E-state index in [-0.39, 0.29) is 31.4 Å². The first kappa shape index (κ1) is 20.5. The number of aromatic nitrogens is 1. The van der Waals surface area contributed by atoms with E-state index in [2.05, 4.69) is 15.0 Å². The Morgan fingerprint density at radius 2 is 1.85 bits per heavy atom. The highest BCUT2D eigenvalue weighted by atomic mass is 19.4. The summed E-state index contributed by atoms with van der Waals surface area (Å²) in [5, 5.41) is 2.63. The lowest BCUT2D eigenvalue weighted by Gasteiger charge is -2.12. The molecule has 0 saturated carbocycles. The second-order valence-corrected chi connectivity index (χ2v) is 6.07. The first-order valence-electron chi connectivity index (χ1n) is 8.34. The Labute approximate surface area is 155 Å². The van der Waals surface area contributed by atoms with Gasteiger partial charge < -0.3 is 14.8 Å². The summed E-state index contributed by atoms with van der Waals surface area (Å²) in [6.07, 6.45) is -3.01. The van der Waals surface area contributed by atoms with E-state index in [1.165, 1.54) is 6.20 Å². The molecule has 0 radical (unpaired) electrons. The molecule has 1 aromatic heterocycles. The molecule has 1 heterocycles. The molecule has 0 aliphatic carbocycles. The maximum atomic E-state index is 12.3. The number of hydrogen-bond acceptors (Lipinski definition) is 4. The fourth-order valence-electron chi connectivity index (χ4n) is 2.40. The lowest BCUT2D eigenvalue weighted by Crippen LogP contribution is -2.25. The van der Waals surface area contributed by atoms with Gasteiger partial charge in [-0.05, 0) is 43.2 Å². The molecule has 0 saturated heterocycles. The van der Waals surface area contributed by atoms with Crippen molar-refractivity contribution in [3.05, 3.63) is 53.2 Å². The fourth-order valence-corrected chi connectivity index (χ4v) is 2.40. The second kappa shape index (κ2) is 9.25. The van der Waals surface area contributed by atoms with Crippen LogP contribution in [-0.2, 0) is 11.3 Å². The minimum absolute atomic E-state index is 0.0173. The maximum Gasteiger partial charge on any atom is 0.422 e. The SMILES string of the molecule is Cc1cc(C)cc(OCCC(=O)NCc2cccnc2OCC(F)(F)F)c1. The normalized spacial score (nSPS) is 11.1. The van der Waals surface area contributed by atoms with Gasteiger partial charge in [0.15, 0.2) is 6.61 Å². The van der Waals surface area contributed by atoms with Gasteiger partial charge in [0.25, 0.3) is 0 Å². The van der Waals surface area contributed by atoms with E-state index < -0.39 is 12.8 Å². The number of carbonyl (C=O) groups is 1. The number of hydrogen-bond donors (Lipinski definition) is 1. The van der Waals surface area contributed by atoms with E-state index in [9.17, 15) is 18.0 Å². The number of amides is 1. The Bertz CT molecular complexity index is 759. The first-order chi connectivity index (χ1) is 12.7. The molecule has 0 spiro atoms. The van der Waals surface area contributed by atoms with Crippen LogP contribution in [0.15, 0.2) is 36.5 Å². The largest absolute Gasteiger partial charge is 0.493 e. The van der Waals surface area contributed by atoms with Gasteiger partial charge >= 0.3 is 6.18 Å². The number of carbonyl (C=O) groups excluding carboxylic acids is 1. The number of pyridine rings is 1. The van der Waals surface area contributed by atoms with Gasteiger partial charge in [0.05, 0.1) is 13.0 Å². The van der Waals surface area contributed by atoms with Crippen molar-refractivity contribution in [3.8, 4) is 11.6 Å². The third-order valence-electron chi connectivity index (χ3n) is 3.49. The maximum absolute atomic E-state index is 12.3. The third kappa shape index (κ3) is 7.55. The Balaban J connectivity index is 1.80. The molecule has 0 bridgehead atoms. The summed E-state index contributed by atoms with van der Waals surface area (Å²) in [7, 11) is 0. The molecule has 0 aliphatic rings. The van der Waals surface area contributed by atoms with Crippen molar-refractivity contribution < 1.29 is 27.4 Å². The standard InChI is InChI=1S/C19H21F3N2O3/c1-13-8-14(2)10-16(9-13)26-7-5-17(25)24-11-15-4-3-6-23-18(15)27-12-19(20,21)22/h3-4,6,8-10H,5,7,11-12H2,1-2H3,(H,24,25). The van der Waals surface area contributed by atoms with E-state index in [1.54, 1.807) is 12.1 Å².